The van der Waals surface area contributed by atoms with Gasteiger partial charge in [0.1, 0.15) is 0 Å². The first-order valence-electron chi connectivity index (χ1n) is 4.69. The predicted molar refractivity (Wildman–Crippen MR) is 53.3 cm³/mol. The van der Waals surface area contributed by atoms with Crippen molar-refractivity contribution in [2.24, 2.45) is 5.73 Å². The van der Waals surface area contributed by atoms with Crippen LogP contribution in [0.1, 0.15) is 16.2 Å². The lowest BCUT2D eigenvalue weighted by Gasteiger charge is -1.98. The monoisotopic (exact) mass is 257 g/mol. The lowest BCUT2D eigenvalue weighted by Crippen LogP contribution is -2.10. The molecule has 0 saturated heterocycles. The van der Waals surface area contributed by atoms with Crippen molar-refractivity contribution in [3.05, 3.63) is 35.7 Å². The molecule has 1 aromatic heterocycles. The largest absolute Gasteiger partial charge is 0.471 e. The zero-order chi connectivity index (χ0) is 13.3. The quantitative estimate of drug-likeness (QED) is 0.890. The summed E-state index contributed by atoms with van der Waals surface area (Å²) in [5, 5.41) is 3.20. The molecule has 1 aromatic carbocycles. The van der Waals surface area contributed by atoms with Gasteiger partial charge in [-0.3, -0.25) is 4.79 Å². The van der Waals surface area contributed by atoms with E-state index in [4.69, 9.17) is 5.73 Å². The van der Waals surface area contributed by atoms with Gasteiger partial charge in [-0.2, -0.15) is 18.2 Å². The van der Waals surface area contributed by atoms with Crippen molar-refractivity contribution >= 4 is 5.91 Å². The third-order valence-corrected chi connectivity index (χ3v) is 2.07. The van der Waals surface area contributed by atoms with Crippen LogP contribution in [0.15, 0.2) is 28.8 Å². The van der Waals surface area contributed by atoms with E-state index in [0.29, 0.717) is 0 Å². The Morgan fingerprint density at radius 1 is 1.33 bits per heavy atom. The van der Waals surface area contributed by atoms with Crippen LogP contribution in [0.3, 0.4) is 0 Å². The Labute approximate surface area is 98.4 Å². The first-order chi connectivity index (χ1) is 8.38. The number of halogens is 3. The van der Waals surface area contributed by atoms with Gasteiger partial charge in [-0.1, -0.05) is 17.3 Å². The summed E-state index contributed by atoms with van der Waals surface area (Å²) in [6.45, 7) is 0. The number of aromatic nitrogens is 2. The zero-order valence-corrected chi connectivity index (χ0v) is 8.73. The van der Waals surface area contributed by atoms with Crippen molar-refractivity contribution in [3.63, 3.8) is 0 Å². The Kier molecular flexibility index (Phi) is 2.77. The molecule has 2 aromatic rings. The predicted octanol–water partition coefficient (Wildman–Crippen LogP) is 1.85. The van der Waals surface area contributed by atoms with Gasteiger partial charge in [-0.25, -0.2) is 0 Å². The summed E-state index contributed by atoms with van der Waals surface area (Å²) in [6, 6.07) is 5.61. The van der Waals surface area contributed by atoms with Crippen LogP contribution in [0, 0.1) is 0 Å². The Balaban J connectivity index is 2.40. The molecule has 0 fully saturated rings. The van der Waals surface area contributed by atoms with Crippen LogP contribution in [0.4, 0.5) is 13.2 Å². The molecule has 1 heterocycles. The second-order valence-corrected chi connectivity index (χ2v) is 3.37. The highest BCUT2D eigenvalue weighted by molar-refractivity contribution is 5.93. The van der Waals surface area contributed by atoms with Gasteiger partial charge in [-0.05, 0) is 12.1 Å². The maximum atomic E-state index is 12.3. The minimum Gasteiger partial charge on any atom is -0.366 e. The molecule has 2 N–H and O–H groups in total. The van der Waals surface area contributed by atoms with Gasteiger partial charge < -0.3 is 10.3 Å². The molecule has 0 spiro atoms. The van der Waals surface area contributed by atoms with E-state index < -0.39 is 18.0 Å². The fourth-order valence-corrected chi connectivity index (χ4v) is 1.27. The highest BCUT2D eigenvalue weighted by atomic mass is 19.4. The summed E-state index contributed by atoms with van der Waals surface area (Å²) in [4.78, 5) is 14.1. The molecule has 94 valence electrons. The SMILES string of the molecule is NC(=O)c1cccc(-c2noc(C(F)(F)F)n2)c1. The standard InChI is InChI=1S/C10H6F3N3O2/c11-10(12,13)9-15-8(16-18-9)6-3-1-2-5(4-6)7(14)17/h1-4H,(H2,14,17). The van der Waals surface area contributed by atoms with E-state index in [1.54, 1.807) is 0 Å². The molecular formula is C10H6F3N3O2. The molecule has 0 radical (unpaired) electrons. The molecule has 2 rings (SSSR count). The molecule has 0 saturated carbocycles. The topological polar surface area (TPSA) is 82.0 Å². The second kappa shape index (κ2) is 4.13. The average Bonchev–Trinajstić information content (AvgIpc) is 2.78. The van der Waals surface area contributed by atoms with Crippen molar-refractivity contribution in [2.75, 3.05) is 0 Å². The van der Waals surface area contributed by atoms with Crippen LogP contribution in [0.2, 0.25) is 0 Å². The minimum atomic E-state index is -4.70. The molecular weight excluding hydrogens is 251 g/mol. The third-order valence-electron chi connectivity index (χ3n) is 2.07. The number of benzene rings is 1. The Morgan fingerprint density at radius 2 is 2.06 bits per heavy atom. The van der Waals surface area contributed by atoms with Gasteiger partial charge in [0.25, 0.3) is 0 Å². The molecule has 0 atom stereocenters. The molecule has 0 aliphatic rings. The summed E-state index contributed by atoms with van der Waals surface area (Å²) in [6.07, 6.45) is -4.70. The lowest BCUT2D eigenvalue weighted by atomic mass is 10.1. The van der Waals surface area contributed by atoms with Gasteiger partial charge in [0.2, 0.25) is 11.7 Å². The molecule has 0 aliphatic carbocycles. The number of nitrogens with zero attached hydrogens (tertiary/aromatic N) is 2. The number of carbonyl (C=O) groups is 1. The number of alkyl halides is 3. The van der Waals surface area contributed by atoms with Crippen molar-refractivity contribution in [1.29, 1.82) is 0 Å². The molecule has 0 bridgehead atoms. The fraction of sp³-hybridized carbons (Fsp3) is 0.100. The number of carbonyl (C=O) groups excluding carboxylic acids is 1. The average molecular weight is 257 g/mol. The summed E-state index contributed by atoms with van der Waals surface area (Å²) in [5.74, 6) is -2.40. The van der Waals surface area contributed by atoms with E-state index in [1.807, 2.05) is 0 Å². The first-order valence-corrected chi connectivity index (χ1v) is 4.69. The smallest absolute Gasteiger partial charge is 0.366 e. The fourth-order valence-electron chi connectivity index (χ4n) is 1.27. The molecule has 0 aliphatic heterocycles. The second-order valence-electron chi connectivity index (χ2n) is 3.37. The van der Waals surface area contributed by atoms with Crippen molar-refractivity contribution in [3.8, 4) is 11.4 Å². The zero-order valence-electron chi connectivity index (χ0n) is 8.73. The number of rotatable bonds is 2. The van der Waals surface area contributed by atoms with Crippen LogP contribution in [0.25, 0.3) is 11.4 Å². The van der Waals surface area contributed by atoms with Crippen molar-refractivity contribution in [1.82, 2.24) is 10.1 Å². The number of nitrogens with two attached hydrogens (primary N) is 1. The van der Waals surface area contributed by atoms with Gasteiger partial charge in [0, 0.05) is 11.1 Å². The highest BCUT2D eigenvalue weighted by Gasteiger charge is 2.38. The Morgan fingerprint density at radius 3 is 2.61 bits per heavy atom. The Hall–Kier alpha value is -2.38. The highest BCUT2D eigenvalue weighted by Crippen LogP contribution is 2.29. The van der Waals surface area contributed by atoms with Gasteiger partial charge in [-0.15, -0.1) is 0 Å². The number of amides is 1. The molecule has 0 unspecified atom stereocenters. The van der Waals surface area contributed by atoms with E-state index in [0.717, 1.165) is 0 Å². The van der Waals surface area contributed by atoms with Crippen LogP contribution >= 0.6 is 0 Å². The molecule has 1 amide bonds. The van der Waals surface area contributed by atoms with Crippen LogP contribution in [-0.2, 0) is 6.18 Å². The van der Waals surface area contributed by atoms with E-state index in [9.17, 15) is 18.0 Å². The van der Waals surface area contributed by atoms with E-state index in [-0.39, 0.29) is 17.0 Å². The van der Waals surface area contributed by atoms with Gasteiger partial charge in [0.05, 0.1) is 0 Å². The van der Waals surface area contributed by atoms with Crippen molar-refractivity contribution in [2.45, 2.75) is 6.18 Å². The van der Waals surface area contributed by atoms with Crippen LogP contribution < -0.4 is 5.73 Å². The molecule has 18 heavy (non-hydrogen) atoms. The lowest BCUT2D eigenvalue weighted by molar-refractivity contribution is -0.159. The molecule has 5 nitrogen and oxygen atoms in total. The van der Waals surface area contributed by atoms with E-state index in [2.05, 4.69) is 14.7 Å². The van der Waals surface area contributed by atoms with Crippen LogP contribution in [-0.4, -0.2) is 16.0 Å². The normalized spacial score (nSPS) is 11.5. The van der Waals surface area contributed by atoms with Crippen molar-refractivity contribution < 1.29 is 22.5 Å². The maximum absolute atomic E-state index is 12.3. The Bertz CT molecular complexity index is 592. The van der Waals surface area contributed by atoms with Gasteiger partial charge in [0.15, 0.2) is 0 Å². The number of hydrogen-bond donors (Lipinski definition) is 1. The van der Waals surface area contributed by atoms with E-state index >= 15 is 0 Å². The first kappa shape index (κ1) is 12.1. The summed E-state index contributed by atoms with van der Waals surface area (Å²) in [7, 11) is 0. The maximum Gasteiger partial charge on any atom is 0.471 e. The number of hydrogen-bond acceptors (Lipinski definition) is 4. The number of primary amides is 1. The van der Waals surface area contributed by atoms with Crippen LogP contribution in [0.5, 0.6) is 0 Å². The van der Waals surface area contributed by atoms with Gasteiger partial charge >= 0.3 is 12.1 Å². The third kappa shape index (κ3) is 2.31. The summed E-state index contributed by atoms with van der Waals surface area (Å²) >= 11 is 0. The molecule has 8 heteroatoms. The van der Waals surface area contributed by atoms with E-state index in [1.165, 1.54) is 24.3 Å². The summed E-state index contributed by atoms with van der Waals surface area (Å²) < 4.78 is 40.8. The minimum absolute atomic E-state index is 0.144. The summed E-state index contributed by atoms with van der Waals surface area (Å²) in [5.41, 5.74) is 5.41.